The summed E-state index contributed by atoms with van der Waals surface area (Å²) in [7, 11) is -3.49. The third kappa shape index (κ3) is 3.07. The molecular weight excluding hydrogens is 258 g/mol. The van der Waals surface area contributed by atoms with Crippen molar-refractivity contribution in [3.8, 4) is 0 Å². The zero-order valence-corrected chi connectivity index (χ0v) is 12.3. The second kappa shape index (κ2) is 5.21. The molecule has 1 aromatic carbocycles. The molecule has 0 aliphatic heterocycles. The molecule has 1 aliphatic carbocycles. The van der Waals surface area contributed by atoms with E-state index < -0.39 is 10.0 Å². The summed E-state index contributed by atoms with van der Waals surface area (Å²) in [5.41, 5.74) is 2.82. The zero-order valence-electron chi connectivity index (χ0n) is 11.5. The van der Waals surface area contributed by atoms with Gasteiger partial charge in [0.05, 0.1) is 10.6 Å². The van der Waals surface area contributed by atoms with Crippen molar-refractivity contribution in [1.29, 1.82) is 0 Å². The highest BCUT2D eigenvalue weighted by atomic mass is 32.2. The summed E-state index contributed by atoms with van der Waals surface area (Å²) < 4.78 is 27.3. The third-order valence-corrected chi connectivity index (χ3v) is 4.64. The first-order valence-electron chi connectivity index (χ1n) is 6.36. The standard InChI is InChI=1S/C15H19NO2S/c1-11-9-12(2)15(13(3)10-11)16-19(17,18)14-7-5-4-6-8-14/h4-9,11,16H,10H2,1-3H3. The molecule has 0 aromatic heterocycles. The summed E-state index contributed by atoms with van der Waals surface area (Å²) >= 11 is 0. The summed E-state index contributed by atoms with van der Waals surface area (Å²) in [6, 6.07) is 8.45. The fraction of sp³-hybridized carbons (Fsp3) is 0.333. The molecule has 0 spiro atoms. The monoisotopic (exact) mass is 277 g/mol. The van der Waals surface area contributed by atoms with Crippen molar-refractivity contribution in [1.82, 2.24) is 4.72 Å². The lowest BCUT2D eigenvalue weighted by Crippen LogP contribution is -2.26. The van der Waals surface area contributed by atoms with Crippen molar-refractivity contribution >= 4 is 10.0 Å². The van der Waals surface area contributed by atoms with E-state index in [1.54, 1.807) is 30.3 Å². The van der Waals surface area contributed by atoms with Crippen LogP contribution >= 0.6 is 0 Å². The van der Waals surface area contributed by atoms with Crippen molar-refractivity contribution in [2.75, 3.05) is 0 Å². The largest absolute Gasteiger partial charge is 0.279 e. The van der Waals surface area contributed by atoms with Crippen LogP contribution in [-0.4, -0.2) is 8.42 Å². The van der Waals surface area contributed by atoms with E-state index in [9.17, 15) is 8.42 Å². The molecule has 0 amide bonds. The van der Waals surface area contributed by atoms with Crippen LogP contribution in [0.2, 0.25) is 0 Å². The molecule has 0 radical (unpaired) electrons. The molecule has 1 atom stereocenters. The van der Waals surface area contributed by atoms with E-state index >= 15 is 0 Å². The maximum absolute atomic E-state index is 12.3. The van der Waals surface area contributed by atoms with E-state index in [0.717, 1.165) is 23.3 Å². The van der Waals surface area contributed by atoms with E-state index in [1.165, 1.54) is 0 Å². The van der Waals surface area contributed by atoms with E-state index in [0.29, 0.717) is 10.8 Å². The molecule has 4 heteroatoms. The SMILES string of the molecule is CC1=CC(C)CC(C)=C1NS(=O)(=O)c1ccccc1. The highest BCUT2D eigenvalue weighted by molar-refractivity contribution is 7.89. The van der Waals surface area contributed by atoms with Gasteiger partial charge in [-0.2, -0.15) is 0 Å². The summed E-state index contributed by atoms with van der Waals surface area (Å²) in [6.07, 6.45) is 3.00. The predicted octanol–water partition coefficient (Wildman–Crippen LogP) is 3.23. The van der Waals surface area contributed by atoms with Crippen LogP contribution in [0.25, 0.3) is 0 Å². The molecule has 0 bridgehead atoms. The Morgan fingerprint density at radius 3 is 2.37 bits per heavy atom. The number of nitrogens with one attached hydrogen (secondary N) is 1. The molecule has 19 heavy (non-hydrogen) atoms. The van der Waals surface area contributed by atoms with Crippen molar-refractivity contribution in [2.24, 2.45) is 5.92 Å². The Bertz CT molecular complexity index is 627. The zero-order chi connectivity index (χ0) is 14.0. The Balaban J connectivity index is 2.32. The lowest BCUT2D eigenvalue weighted by atomic mass is 9.91. The molecule has 102 valence electrons. The van der Waals surface area contributed by atoms with Gasteiger partial charge in [0.25, 0.3) is 10.0 Å². The van der Waals surface area contributed by atoms with Crippen LogP contribution in [0.4, 0.5) is 0 Å². The van der Waals surface area contributed by atoms with Crippen molar-refractivity contribution in [2.45, 2.75) is 32.1 Å². The first-order valence-corrected chi connectivity index (χ1v) is 7.85. The van der Waals surface area contributed by atoms with Gasteiger partial charge in [0.15, 0.2) is 0 Å². The van der Waals surface area contributed by atoms with Gasteiger partial charge in [0.1, 0.15) is 0 Å². The topological polar surface area (TPSA) is 46.2 Å². The van der Waals surface area contributed by atoms with E-state index in [1.807, 2.05) is 13.8 Å². The molecule has 0 heterocycles. The minimum absolute atomic E-state index is 0.293. The number of hydrogen-bond acceptors (Lipinski definition) is 2. The van der Waals surface area contributed by atoms with Gasteiger partial charge in [0, 0.05) is 0 Å². The van der Waals surface area contributed by atoms with Gasteiger partial charge in [-0.05, 0) is 49.5 Å². The van der Waals surface area contributed by atoms with Crippen LogP contribution in [0.1, 0.15) is 27.2 Å². The second-order valence-corrected chi connectivity index (χ2v) is 6.79. The second-order valence-electron chi connectivity index (χ2n) is 5.10. The number of rotatable bonds is 3. The van der Waals surface area contributed by atoms with E-state index in [-0.39, 0.29) is 0 Å². The molecule has 3 nitrogen and oxygen atoms in total. The van der Waals surface area contributed by atoms with E-state index in [4.69, 9.17) is 0 Å². The highest BCUT2D eigenvalue weighted by Crippen LogP contribution is 2.27. The van der Waals surface area contributed by atoms with Crippen LogP contribution in [0, 0.1) is 5.92 Å². The van der Waals surface area contributed by atoms with Crippen LogP contribution in [0.3, 0.4) is 0 Å². The maximum atomic E-state index is 12.3. The minimum Gasteiger partial charge on any atom is -0.279 e. The number of allylic oxidation sites excluding steroid dienone is 3. The summed E-state index contributed by atoms with van der Waals surface area (Å²) in [6.45, 7) is 6.06. The smallest absolute Gasteiger partial charge is 0.261 e. The fourth-order valence-electron chi connectivity index (χ4n) is 2.45. The van der Waals surface area contributed by atoms with Gasteiger partial charge in [-0.25, -0.2) is 8.42 Å². The molecule has 0 saturated carbocycles. The first kappa shape index (κ1) is 13.9. The Morgan fingerprint density at radius 2 is 1.79 bits per heavy atom. The van der Waals surface area contributed by atoms with Crippen LogP contribution < -0.4 is 4.72 Å². The quantitative estimate of drug-likeness (QED) is 0.922. The van der Waals surface area contributed by atoms with E-state index in [2.05, 4.69) is 17.7 Å². The molecule has 0 saturated heterocycles. The van der Waals surface area contributed by atoms with Crippen LogP contribution in [-0.2, 0) is 10.0 Å². The Morgan fingerprint density at radius 1 is 1.16 bits per heavy atom. The third-order valence-electron chi connectivity index (χ3n) is 3.27. The molecule has 2 rings (SSSR count). The molecular formula is C15H19NO2S. The predicted molar refractivity (Wildman–Crippen MR) is 77.0 cm³/mol. The molecule has 1 unspecified atom stereocenters. The first-order chi connectivity index (χ1) is 8.90. The Kier molecular flexibility index (Phi) is 3.80. The average molecular weight is 277 g/mol. The van der Waals surface area contributed by atoms with Gasteiger partial charge in [-0.1, -0.05) is 31.2 Å². The normalized spacial score (nSPS) is 20.2. The maximum Gasteiger partial charge on any atom is 0.261 e. The molecule has 1 aromatic rings. The summed E-state index contributed by atoms with van der Waals surface area (Å²) in [5, 5.41) is 0. The lowest BCUT2D eigenvalue weighted by molar-refractivity contribution is 0.586. The van der Waals surface area contributed by atoms with Gasteiger partial charge < -0.3 is 0 Å². The van der Waals surface area contributed by atoms with Gasteiger partial charge in [-0.3, -0.25) is 4.72 Å². The molecule has 0 fully saturated rings. The van der Waals surface area contributed by atoms with Crippen LogP contribution in [0.5, 0.6) is 0 Å². The Labute approximate surface area is 115 Å². The summed E-state index contributed by atoms with van der Waals surface area (Å²) in [5.74, 6) is 0.463. The van der Waals surface area contributed by atoms with Crippen LogP contribution in [0.15, 0.2) is 58.1 Å². The molecule has 1 aliphatic rings. The van der Waals surface area contributed by atoms with Crippen molar-refractivity contribution in [3.63, 3.8) is 0 Å². The average Bonchev–Trinajstić information content (AvgIpc) is 2.35. The lowest BCUT2D eigenvalue weighted by Gasteiger charge is -2.22. The number of hydrogen-bond donors (Lipinski definition) is 1. The summed E-state index contributed by atoms with van der Waals surface area (Å²) in [4.78, 5) is 0.293. The number of benzene rings is 1. The fourth-order valence-corrected chi connectivity index (χ4v) is 3.69. The van der Waals surface area contributed by atoms with Crippen molar-refractivity contribution < 1.29 is 8.42 Å². The Hall–Kier alpha value is -1.55. The van der Waals surface area contributed by atoms with Gasteiger partial charge in [-0.15, -0.1) is 0 Å². The van der Waals surface area contributed by atoms with Crippen molar-refractivity contribution in [3.05, 3.63) is 53.3 Å². The highest BCUT2D eigenvalue weighted by Gasteiger charge is 2.20. The minimum atomic E-state index is -3.49. The van der Waals surface area contributed by atoms with Gasteiger partial charge >= 0.3 is 0 Å². The van der Waals surface area contributed by atoms with Gasteiger partial charge in [0.2, 0.25) is 0 Å². The molecule has 1 N–H and O–H groups in total. The number of sulfonamides is 1.